The molecule has 174 valence electrons. The Morgan fingerprint density at radius 1 is 1.12 bits per heavy atom. The molecule has 7 heteroatoms. The number of rotatable bonds is 7. The Balaban J connectivity index is 1.49. The minimum Gasteiger partial charge on any atom is -0.497 e. The number of piperidine rings is 1. The Morgan fingerprint density at radius 3 is 2.48 bits per heavy atom. The minimum absolute atomic E-state index is 0.163. The zero-order valence-electron chi connectivity index (χ0n) is 19.8. The van der Waals surface area contributed by atoms with Crippen molar-refractivity contribution in [3.05, 3.63) is 65.1 Å². The molecule has 33 heavy (non-hydrogen) atoms. The van der Waals surface area contributed by atoms with E-state index in [1.54, 1.807) is 21.3 Å². The number of carbonyl (C=O) groups is 1. The Morgan fingerprint density at radius 2 is 1.85 bits per heavy atom. The molecule has 0 spiro atoms. The Bertz CT molecular complexity index is 1100. The van der Waals surface area contributed by atoms with Crippen LogP contribution in [0, 0.1) is 6.92 Å². The van der Waals surface area contributed by atoms with Crippen LogP contribution in [-0.2, 0) is 6.54 Å². The van der Waals surface area contributed by atoms with Gasteiger partial charge in [-0.1, -0.05) is 18.2 Å². The molecule has 1 amide bonds. The maximum Gasteiger partial charge on any atom is 0.269 e. The van der Waals surface area contributed by atoms with Crippen molar-refractivity contribution in [2.75, 3.05) is 34.4 Å². The van der Waals surface area contributed by atoms with Gasteiger partial charge in [-0.2, -0.15) is 0 Å². The van der Waals surface area contributed by atoms with E-state index in [4.69, 9.17) is 14.5 Å². The van der Waals surface area contributed by atoms with Gasteiger partial charge < -0.3 is 19.8 Å². The summed E-state index contributed by atoms with van der Waals surface area (Å²) in [6.45, 7) is 4.89. The standard InChI is InChI=1S/C26H32N4O3/c1-17-6-5-7-20(24(17)33-4)16-30-14-12-19(13-15-30)25-28-22(23(29-25)26(31)27-2)18-8-10-21(32-3)11-9-18/h5-11,19H,12-16H2,1-4H3,(H,27,31)(H,28,29). The van der Waals surface area contributed by atoms with Crippen molar-refractivity contribution < 1.29 is 14.3 Å². The molecule has 2 aromatic carbocycles. The summed E-state index contributed by atoms with van der Waals surface area (Å²) in [4.78, 5) is 23.2. The molecule has 0 aliphatic carbocycles. The Labute approximate surface area is 195 Å². The van der Waals surface area contributed by atoms with Gasteiger partial charge in [-0.3, -0.25) is 9.69 Å². The molecular formula is C26H32N4O3. The first-order chi connectivity index (χ1) is 16.0. The first kappa shape index (κ1) is 22.9. The van der Waals surface area contributed by atoms with E-state index >= 15 is 0 Å². The monoisotopic (exact) mass is 448 g/mol. The number of benzene rings is 2. The fourth-order valence-corrected chi connectivity index (χ4v) is 4.57. The first-order valence-electron chi connectivity index (χ1n) is 11.3. The smallest absolute Gasteiger partial charge is 0.269 e. The fourth-order valence-electron chi connectivity index (χ4n) is 4.57. The number of nitrogens with one attached hydrogen (secondary N) is 2. The maximum absolute atomic E-state index is 12.5. The number of likely N-dealkylation sites (tertiary alicyclic amines) is 1. The van der Waals surface area contributed by atoms with Crippen molar-refractivity contribution in [3.63, 3.8) is 0 Å². The van der Waals surface area contributed by atoms with Gasteiger partial charge in [-0.15, -0.1) is 0 Å². The number of imidazole rings is 1. The summed E-state index contributed by atoms with van der Waals surface area (Å²) in [5, 5.41) is 2.72. The third-order valence-corrected chi connectivity index (χ3v) is 6.41. The molecule has 2 heterocycles. The van der Waals surface area contributed by atoms with Crippen LogP contribution in [0.5, 0.6) is 11.5 Å². The van der Waals surface area contributed by atoms with Crippen molar-refractivity contribution in [2.24, 2.45) is 0 Å². The highest BCUT2D eigenvalue weighted by atomic mass is 16.5. The van der Waals surface area contributed by atoms with Crippen LogP contribution in [0.1, 0.15) is 46.2 Å². The van der Waals surface area contributed by atoms with Crippen LogP contribution in [0.4, 0.5) is 0 Å². The molecular weight excluding hydrogens is 416 g/mol. The Kier molecular flexibility index (Phi) is 6.99. The normalized spacial score (nSPS) is 14.8. The van der Waals surface area contributed by atoms with E-state index in [2.05, 4.69) is 40.3 Å². The van der Waals surface area contributed by atoms with E-state index in [9.17, 15) is 4.79 Å². The van der Waals surface area contributed by atoms with Gasteiger partial charge in [-0.05, 0) is 62.7 Å². The van der Waals surface area contributed by atoms with Gasteiger partial charge in [0.05, 0.1) is 14.2 Å². The second-order valence-corrected chi connectivity index (χ2v) is 8.47. The molecule has 0 bridgehead atoms. The number of aromatic amines is 1. The van der Waals surface area contributed by atoms with Crippen LogP contribution < -0.4 is 14.8 Å². The predicted molar refractivity (Wildman–Crippen MR) is 129 cm³/mol. The molecule has 4 rings (SSSR count). The van der Waals surface area contributed by atoms with Crippen LogP contribution in [0.25, 0.3) is 11.3 Å². The zero-order valence-corrected chi connectivity index (χ0v) is 19.8. The van der Waals surface area contributed by atoms with Crippen molar-refractivity contribution in [1.82, 2.24) is 20.2 Å². The van der Waals surface area contributed by atoms with E-state index in [-0.39, 0.29) is 11.8 Å². The Hall–Kier alpha value is -3.32. The van der Waals surface area contributed by atoms with Crippen molar-refractivity contribution >= 4 is 5.91 Å². The third kappa shape index (κ3) is 4.88. The lowest BCUT2D eigenvalue weighted by atomic mass is 9.95. The van der Waals surface area contributed by atoms with Gasteiger partial charge in [0, 0.05) is 30.6 Å². The van der Waals surface area contributed by atoms with Gasteiger partial charge in [-0.25, -0.2) is 4.98 Å². The van der Waals surface area contributed by atoms with Crippen molar-refractivity contribution in [2.45, 2.75) is 32.2 Å². The molecule has 0 atom stereocenters. The lowest BCUT2D eigenvalue weighted by molar-refractivity contribution is 0.0959. The average Bonchev–Trinajstić information content (AvgIpc) is 3.30. The molecule has 2 N–H and O–H groups in total. The largest absolute Gasteiger partial charge is 0.497 e. The summed E-state index contributed by atoms with van der Waals surface area (Å²) in [6.07, 6.45) is 1.97. The van der Waals surface area contributed by atoms with Crippen LogP contribution in [0.3, 0.4) is 0 Å². The SMILES string of the molecule is CNC(=O)c1[nH]c(C2CCN(Cc3cccc(C)c3OC)CC2)nc1-c1ccc(OC)cc1. The molecule has 1 aliphatic heterocycles. The van der Waals surface area contributed by atoms with Crippen molar-refractivity contribution in [1.29, 1.82) is 0 Å². The molecule has 1 fully saturated rings. The molecule has 7 nitrogen and oxygen atoms in total. The number of ether oxygens (including phenoxy) is 2. The van der Waals surface area contributed by atoms with Gasteiger partial charge in [0.1, 0.15) is 28.7 Å². The zero-order chi connectivity index (χ0) is 23.4. The summed E-state index contributed by atoms with van der Waals surface area (Å²) in [5.41, 5.74) is 4.45. The summed E-state index contributed by atoms with van der Waals surface area (Å²) in [7, 11) is 5.01. The first-order valence-corrected chi connectivity index (χ1v) is 11.3. The van der Waals surface area contributed by atoms with Gasteiger partial charge in [0.15, 0.2) is 0 Å². The molecule has 0 unspecified atom stereocenters. The summed E-state index contributed by atoms with van der Waals surface area (Å²) >= 11 is 0. The number of hydrogen-bond acceptors (Lipinski definition) is 5. The number of hydrogen-bond donors (Lipinski definition) is 2. The van der Waals surface area contributed by atoms with Crippen LogP contribution >= 0.6 is 0 Å². The molecule has 3 aromatic rings. The average molecular weight is 449 g/mol. The topological polar surface area (TPSA) is 79.5 Å². The summed E-state index contributed by atoms with van der Waals surface area (Å²) < 4.78 is 10.9. The van der Waals surface area contributed by atoms with E-state index in [1.165, 1.54) is 5.56 Å². The molecule has 1 aliphatic rings. The number of amides is 1. The number of methoxy groups -OCH3 is 2. The lowest BCUT2D eigenvalue weighted by Crippen LogP contribution is -2.33. The molecule has 0 radical (unpaired) electrons. The predicted octanol–water partition coefficient (Wildman–Crippen LogP) is 4.14. The summed E-state index contributed by atoms with van der Waals surface area (Å²) in [5.74, 6) is 2.76. The quantitative estimate of drug-likeness (QED) is 0.568. The van der Waals surface area contributed by atoms with E-state index in [0.717, 1.165) is 60.9 Å². The second kappa shape index (κ2) is 10.1. The number of aromatic nitrogens is 2. The van der Waals surface area contributed by atoms with Crippen LogP contribution in [0.15, 0.2) is 42.5 Å². The highest BCUT2D eigenvalue weighted by Gasteiger charge is 2.27. The highest BCUT2D eigenvalue weighted by molar-refractivity contribution is 5.98. The van der Waals surface area contributed by atoms with Crippen LogP contribution in [-0.4, -0.2) is 55.1 Å². The van der Waals surface area contributed by atoms with Gasteiger partial charge >= 0.3 is 0 Å². The molecule has 1 saturated heterocycles. The van der Waals surface area contributed by atoms with Crippen LogP contribution in [0.2, 0.25) is 0 Å². The number of H-pyrrole nitrogens is 1. The maximum atomic E-state index is 12.5. The highest BCUT2D eigenvalue weighted by Crippen LogP contribution is 2.32. The second-order valence-electron chi connectivity index (χ2n) is 8.47. The molecule has 0 saturated carbocycles. The number of nitrogens with zero attached hydrogens (tertiary/aromatic N) is 2. The van der Waals surface area contributed by atoms with Gasteiger partial charge in [0.25, 0.3) is 5.91 Å². The fraction of sp³-hybridized carbons (Fsp3) is 0.385. The minimum atomic E-state index is -0.163. The lowest BCUT2D eigenvalue weighted by Gasteiger charge is -2.31. The van der Waals surface area contributed by atoms with E-state index in [1.807, 2.05) is 24.3 Å². The van der Waals surface area contributed by atoms with Crippen molar-refractivity contribution in [3.8, 4) is 22.8 Å². The third-order valence-electron chi connectivity index (χ3n) is 6.41. The number of carbonyl (C=O) groups excluding carboxylic acids is 1. The number of para-hydroxylation sites is 1. The van der Waals surface area contributed by atoms with Gasteiger partial charge in [0.2, 0.25) is 0 Å². The van der Waals surface area contributed by atoms with E-state index in [0.29, 0.717) is 11.4 Å². The number of aryl methyl sites for hydroxylation is 1. The summed E-state index contributed by atoms with van der Waals surface area (Å²) in [6, 6.07) is 13.9. The molecule has 1 aromatic heterocycles. The van der Waals surface area contributed by atoms with E-state index < -0.39 is 0 Å².